The van der Waals surface area contributed by atoms with Crippen molar-refractivity contribution < 1.29 is 0 Å². The zero-order valence-corrected chi connectivity index (χ0v) is 19.8. The van der Waals surface area contributed by atoms with Crippen LogP contribution in [-0.2, 0) is 18.6 Å². The summed E-state index contributed by atoms with van der Waals surface area (Å²) in [7, 11) is 0. The lowest BCUT2D eigenvalue weighted by atomic mass is 9.49. The quantitative estimate of drug-likeness (QED) is 0.466. The maximum absolute atomic E-state index is 5.98. The van der Waals surface area contributed by atoms with Gasteiger partial charge in [0.2, 0.25) is 0 Å². The molecule has 0 N–H and O–H groups in total. The van der Waals surface area contributed by atoms with E-state index in [1.807, 2.05) is 6.08 Å². The topological polar surface area (TPSA) is 29.2 Å². The molecule has 1 aromatic heterocycles. The van der Waals surface area contributed by atoms with Crippen LogP contribution >= 0.6 is 12.2 Å². The number of aromatic nitrogens is 3. The fraction of sp³-hybridized carbons (Fsp3) is 0.615. The molecule has 32 heavy (non-hydrogen) atoms. The number of para-hydroxylation sites is 1. The van der Waals surface area contributed by atoms with E-state index < -0.39 is 0 Å². The average Bonchev–Trinajstić information content (AvgIpc) is 3.10. The van der Waals surface area contributed by atoms with E-state index in [2.05, 4.69) is 56.0 Å². The first-order valence-electron chi connectivity index (χ1n) is 12.4. The summed E-state index contributed by atoms with van der Waals surface area (Å²) in [6.45, 7) is 9.77. The van der Waals surface area contributed by atoms with Crippen LogP contribution in [-0.4, -0.2) is 45.4 Å². The third-order valence-electron chi connectivity index (χ3n) is 8.57. The summed E-state index contributed by atoms with van der Waals surface area (Å²) >= 11 is 5.98. The second kappa shape index (κ2) is 8.14. The van der Waals surface area contributed by atoms with Gasteiger partial charge in [-0.2, -0.15) is 5.10 Å². The molecule has 5 fully saturated rings. The molecule has 0 amide bonds. The molecular formula is C26H35N5S. The molecular weight excluding hydrogens is 414 g/mol. The average molecular weight is 450 g/mol. The van der Waals surface area contributed by atoms with Crippen LogP contribution in [0.1, 0.15) is 44.3 Å². The Morgan fingerprint density at radius 1 is 0.969 bits per heavy atom. The van der Waals surface area contributed by atoms with Gasteiger partial charge in [-0.1, -0.05) is 24.3 Å². The molecule has 2 aromatic rings. The molecule has 1 aliphatic heterocycles. The van der Waals surface area contributed by atoms with Gasteiger partial charge >= 0.3 is 0 Å². The predicted molar refractivity (Wildman–Crippen MR) is 131 cm³/mol. The van der Waals surface area contributed by atoms with Crippen molar-refractivity contribution in [2.45, 2.75) is 57.2 Å². The Kier molecular flexibility index (Phi) is 5.26. The Bertz CT molecular complexity index is 995. The highest BCUT2D eigenvalue weighted by atomic mass is 32.1. The van der Waals surface area contributed by atoms with Crippen molar-refractivity contribution >= 4 is 17.9 Å². The van der Waals surface area contributed by atoms with Crippen molar-refractivity contribution in [1.82, 2.24) is 19.2 Å². The number of hydrogen-bond acceptors (Lipinski definition) is 4. The summed E-state index contributed by atoms with van der Waals surface area (Å²) in [4.78, 5) is 4.98. The van der Waals surface area contributed by atoms with Crippen molar-refractivity contribution in [2.24, 2.45) is 17.8 Å². The second-order valence-corrected chi connectivity index (χ2v) is 11.2. The molecule has 4 saturated carbocycles. The van der Waals surface area contributed by atoms with Crippen LogP contribution < -0.4 is 4.90 Å². The van der Waals surface area contributed by atoms with Gasteiger partial charge < -0.3 is 4.90 Å². The van der Waals surface area contributed by atoms with Gasteiger partial charge in [-0.05, 0) is 80.6 Å². The highest BCUT2D eigenvalue weighted by Crippen LogP contribution is 2.60. The lowest BCUT2D eigenvalue weighted by Gasteiger charge is -2.56. The SMILES string of the molecule is C=CCn1c(C23CC4CC(CC(C4)C2)C3)nn(CN2CCN(c3ccccc3)CC2)c1=S. The molecule has 0 unspecified atom stereocenters. The van der Waals surface area contributed by atoms with Crippen molar-refractivity contribution in [3.05, 3.63) is 53.6 Å². The lowest BCUT2D eigenvalue weighted by Crippen LogP contribution is -2.50. The molecule has 1 saturated heterocycles. The predicted octanol–water partition coefficient (Wildman–Crippen LogP) is 4.85. The summed E-state index contributed by atoms with van der Waals surface area (Å²) < 4.78 is 5.31. The largest absolute Gasteiger partial charge is 0.369 e. The van der Waals surface area contributed by atoms with Crippen LogP contribution in [0.4, 0.5) is 5.69 Å². The molecule has 0 spiro atoms. The summed E-state index contributed by atoms with van der Waals surface area (Å²) in [6, 6.07) is 10.8. The summed E-state index contributed by atoms with van der Waals surface area (Å²) in [5.74, 6) is 3.99. The van der Waals surface area contributed by atoms with Gasteiger partial charge in [0.1, 0.15) is 5.82 Å². The molecule has 170 valence electrons. The van der Waals surface area contributed by atoms with Crippen molar-refractivity contribution in [1.29, 1.82) is 0 Å². The Hall–Kier alpha value is -1.92. The fourth-order valence-corrected chi connectivity index (χ4v) is 7.84. The number of nitrogens with zero attached hydrogens (tertiary/aromatic N) is 5. The zero-order chi connectivity index (χ0) is 21.7. The van der Waals surface area contributed by atoms with E-state index >= 15 is 0 Å². The van der Waals surface area contributed by atoms with Crippen LogP contribution in [0.2, 0.25) is 0 Å². The third kappa shape index (κ3) is 3.56. The summed E-state index contributed by atoms with van der Waals surface area (Å²) in [5, 5.41) is 5.26. The van der Waals surface area contributed by atoms with E-state index in [4.69, 9.17) is 17.3 Å². The minimum Gasteiger partial charge on any atom is -0.369 e. The third-order valence-corrected chi connectivity index (χ3v) is 9.01. The van der Waals surface area contributed by atoms with Gasteiger partial charge in [0, 0.05) is 43.8 Å². The van der Waals surface area contributed by atoms with E-state index in [9.17, 15) is 0 Å². The highest BCUT2D eigenvalue weighted by Gasteiger charge is 2.53. The standard InChI is InChI=1S/C26H35N5S/c1-2-8-30-24(26-16-20-13-21(17-26)15-22(14-20)18-26)27-31(25(30)32)19-28-9-11-29(12-10-28)23-6-4-3-5-7-23/h2-7,20-22H,1,8-19H2. The number of hydrogen-bond donors (Lipinski definition) is 0. The number of allylic oxidation sites excluding steroid dienone is 1. The van der Waals surface area contributed by atoms with Gasteiger partial charge in [0.05, 0.1) is 6.67 Å². The van der Waals surface area contributed by atoms with Crippen molar-refractivity contribution in [3.8, 4) is 0 Å². The van der Waals surface area contributed by atoms with Crippen LogP contribution in [0.15, 0.2) is 43.0 Å². The van der Waals surface area contributed by atoms with Gasteiger partial charge in [-0.3, -0.25) is 9.47 Å². The van der Waals surface area contributed by atoms with Crippen molar-refractivity contribution in [2.75, 3.05) is 31.1 Å². The molecule has 6 heteroatoms. The molecule has 1 aromatic carbocycles. The molecule has 5 aliphatic rings. The van der Waals surface area contributed by atoms with Gasteiger partial charge in [-0.15, -0.1) is 6.58 Å². The van der Waals surface area contributed by atoms with E-state index in [-0.39, 0.29) is 5.41 Å². The molecule has 7 rings (SSSR count). The Morgan fingerprint density at radius 3 is 2.19 bits per heavy atom. The summed E-state index contributed by atoms with van der Waals surface area (Å²) in [6.07, 6.45) is 10.3. The molecule has 4 aliphatic carbocycles. The molecule has 5 nitrogen and oxygen atoms in total. The number of piperazine rings is 1. The van der Waals surface area contributed by atoms with Gasteiger partial charge in [0.15, 0.2) is 4.77 Å². The first kappa shape index (κ1) is 20.7. The Morgan fingerprint density at radius 2 is 1.59 bits per heavy atom. The van der Waals surface area contributed by atoms with E-state index in [1.165, 1.54) is 50.0 Å². The molecule has 0 atom stereocenters. The Balaban J connectivity index is 1.22. The monoisotopic (exact) mass is 449 g/mol. The first-order chi connectivity index (χ1) is 15.6. The van der Waals surface area contributed by atoms with Gasteiger partial charge in [-0.25, -0.2) is 4.68 Å². The maximum atomic E-state index is 5.98. The van der Waals surface area contributed by atoms with Crippen molar-refractivity contribution in [3.63, 3.8) is 0 Å². The van der Waals surface area contributed by atoms with Crippen LogP contribution in [0.25, 0.3) is 0 Å². The van der Waals surface area contributed by atoms with Crippen LogP contribution in [0.3, 0.4) is 0 Å². The van der Waals surface area contributed by atoms with Crippen LogP contribution in [0.5, 0.6) is 0 Å². The van der Waals surface area contributed by atoms with Gasteiger partial charge in [0.25, 0.3) is 0 Å². The Labute approximate surface area is 196 Å². The molecule has 4 bridgehead atoms. The summed E-state index contributed by atoms with van der Waals surface area (Å²) in [5.41, 5.74) is 1.57. The smallest absolute Gasteiger partial charge is 0.199 e. The van der Waals surface area contributed by atoms with E-state index in [1.54, 1.807) is 0 Å². The zero-order valence-electron chi connectivity index (χ0n) is 19.0. The molecule has 0 radical (unpaired) electrons. The van der Waals surface area contributed by atoms with E-state index in [0.29, 0.717) is 0 Å². The highest BCUT2D eigenvalue weighted by molar-refractivity contribution is 7.71. The maximum Gasteiger partial charge on any atom is 0.199 e. The molecule has 2 heterocycles. The normalized spacial score (nSPS) is 31.9. The van der Waals surface area contributed by atoms with E-state index in [0.717, 1.165) is 61.9 Å². The first-order valence-corrected chi connectivity index (χ1v) is 12.9. The number of rotatable bonds is 6. The number of anilines is 1. The minimum atomic E-state index is 0.253. The minimum absolute atomic E-state index is 0.253. The lowest BCUT2D eigenvalue weighted by molar-refractivity contribution is -0.0113. The second-order valence-electron chi connectivity index (χ2n) is 10.8. The number of benzene rings is 1. The fourth-order valence-electron chi connectivity index (χ4n) is 7.58. The van der Waals surface area contributed by atoms with Crippen LogP contribution in [0, 0.1) is 22.5 Å².